The van der Waals surface area contributed by atoms with Crippen molar-refractivity contribution in [3.8, 4) is 11.3 Å². The molecule has 1 saturated heterocycles. The number of carbonyl (C=O) groups excluding carboxylic acids is 1. The van der Waals surface area contributed by atoms with Crippen molar-refractivity contribution in [2.45, 2.75) is 33.4 Å². The second kappa shape index (κ2) is 9.30. The maximum atomic E-state index is 12.2. The molecule has 1 fully saturated rings. The molecule has 5 nitrogen and oxygen atoms in total. The zero-order chi connectivity index (χ0) is 21.8. The number of rotatable bonds is 5. The van der Waals surface area contributed by atoms with Crippen LogP contribution in [0.3, 0.4) is 0 Å². The molecule has 2 aromatic carbocycles. The fourth-order valence-electron chi connectivity index (χ4n) is 3.45. The average molecular weight is 436 g/mol. The van der Waals surface area contributed by atoms with Gasteiger partial charge in [0.15, 0.2) is 0 Å². The number of nitrogens with zero attached hydrogens (tertiary/aromatic N) is 2. The molecule has 31 heavy (non-hydrogen) atoms. The van der Waals surface area contributed by atoms with E-state index in [1.165, 1.54) is 5.56 Å². The molecule has 0 radical (unpaired) electrons. The molecule has 3 aromatic rings. The van der Waals surface area contributed by atoms with E-state index in [2.05, 4.69) is 39.9 Å². The summed E-state index contributed by atoms with van der Waals surface area (Å²) < 4.78 is 6.03. The Labute approximate surface area is 188 Å². The van der Waals surface area contributed by atoms with Crippen molar-refractivity contribution in [1.82, 2.24) is 9.88 Å². The van der Waals surface area contributed by atoms with Gasteiger partial charge in [0.25, 0.3) is 0 Å². The van der Waals surface area contributed by atoms with E-state index in [-0.39, 0.29) is 12.0 Å². The average Bonchev–Trinajstić information content (AvgIpc) is 3.25. The summed E-state index contributed by atoms with van der Waals surface area (Å²) in [5, 5.41) is 6.05. The Balaban J connectivity index is 1.40. The second-order valence-electron chi connectivity index (χ2n) is 8.93. The molecule has 1 amide bonds. The molecule has 1 unspecified atom stereocenters. The highest BCUT2D eigenvalue weighted by molar-refractivity contribution is 7.10. The molecule has 0 bridgehead atoms. The van der Waals surface area contributed by atoms with Crippen LogP contribution in [0.25, 0.3) is 11.3 Å². The first-order valence-corrected chi connectivity index (χ1v) is 11.5. The fourth-order valence-corrected chi connectivity index (χ4v) is 4.31. The summed E-state index contributed by atoms with van der Waals surface area (Å²) in [6.45, 7) is 9.14. The Morgan fingerprint density at radius 3 is 2.61 bits per heavy atom. The van der Waals surface area contributed by atoms with Gasteiger partial charge in [-0.1, -0.05) is 63.2 Å². The maximum Gasteiger partial charge on any atom is 0.229 e. The summed E-state index contributed by atoms with van der Waals surface area (Å²) in [7, 11) is 0. The Hall–Kier alpha value is -2.54. The van der Waals surface area contributed by atoms with Crippen LogP contribution in [0.1, 0.15) is 37.4 Å². The molecule has 1 atom stereocenters. The van der Waals surface area contributed by atoms with Crippen LogP contribution >= 0.6 is 11.3 Å². The molecule has 6 heteroatoms. The van der Waals surface area contributed by atoms with E-state index in [0.29, 0.717) is 6.61 Å². The van der Waals surface area contributed by atoms with Crippen LogP contribution in [0.2, 0.25) is 0 Å². The van der Waals surface area contributed by atoms with Crippen LogP contribution in [-0.2, 0) is 16.1 Å². The van der Waals surface area contributed by atoms with Gasteiger partial charge in [-0.15, -0.1) is 11.3 Å². The minimum atomic E-state index is -0.420. The SMILES string of the molecule is CC(C)(C)C(=O)Nc1ccc(-c2csc(C3CN(Cc4ccccc4)CCO3)n2)cc1. The number of anilines is 1. The number of hydrogen-bond acceptors (Lipinski definition) is 5. The van der Waals surface area contributed by atoms with Crippen molar-refractivity contribution in [3.05, 3.63) is 70.5 Å². The Kier molecular flexibility index (Phi) is 6.51. The van der Waals surface area contributed by atoms with Crippen LogP contribution in [-0.4, -0.2) is 35.5 Å². The zero-order valence-electron chi connectivity index (χ0n) is 18.3. The van der Waals surface area contributed by atoms with Gasteiger partial charge in [-0.05, 0) is 17.7 Å². The lowest BCUT2D eigenvalue weighted by Gasteiger charge is -2.32. The van der Waals surface area contributed by atoms with Crippen LogP contribution in [0.15, 0.2) is 60.0 Å². The molecule has 162 valence electrons. The second-order valence-corrected chi connectivity index (χ2v) is 9.82. The molecular formula is C25H29N3O2S. The largest absolute Gasteiger partial charge is 0.368 e. The number of carbonyl (C=O) groups is 1. The summed E-state index contributed by atoms with van der Waals surface area (Å²) in [5.74, 6) is 0.00528. The van der Waals surface area contributed by atoms with Gasteiger partial charge in [0, 0.05) is 41.7 Å². The Morgan fingerprint density at radius 1 is 1.16 bits per heavy atom. The van der Waals surface area contributed by atoms with Gasteiger partial charge in [-0.25, -0.2) is 4.98 Å². The zero-order valence-corrected chi connectivity index (χ0v) is 19.1. The van der Waals surface area contributed by atoms with Crippen molar-refractivity contribution >= 4 is 22.9 Å². The van der Waals surface area contributed by atoms with E-state index in [1.807, 2.05) is 51.1 Å². The van der Waals surface area contributed by atoms with E-state index in [4.69, 9.17) is 9.72 Å². The Morgan fingerprint density at radius 2 is 1.90 bits per heavy atom. The molecule has 2 heterocycles. The number of aromatic nitrogens is 1. The molecule has 4 rings (SSSR count). The van der Waals surface area contributed by atoms with Gasteiger partial charge in [0.2, 0.25) is 5.91 Å². The van der Waals surface area contributed by atoms with Crippen molar-refractivity contribution in [1.29, 1.82) is 0 Å². The number of ether oxygens (including phenoxy) is 1. The molecule has 1 aromatic heterocycles. The molecule has 0 spiro atoms. The van der Waals surface area contributed by atoms with Crippen molar-refractivity contribution in [2.24, 2.45) is 5.41 Å². The van der Waals surface area contributed by atoms with Crippen molar-refractivity contribution < 1.29 is 9.53 Å². The highest BCUT2D eigenvalue weighted by atomic mass is 32.1. The molecule has 1 aliphatic rings. The number of nitrogens with one attached hydrogen (secondary N) is 1. The molecular weight excluding hydrogens is 406 g/mol. The molecule has 0 aliphatic carbocycles. The lowest BCUT2D eigenvalue weighted by molar-refractivity contribution is -0.123. The first-order chi connectivity index (χ1) is 14.9. The van der Waals surface area contributed by atoms with E-state index < -0.39 is 5.41 Å². The van der Waals surface area contributed by atoms with E-state index in [0.717, 1.165) is 41.6 Å². The van der Waals surface area contributed by atoms with Gasteiger partial charge in [-0.2, -0.15) is 0 Å². The topological polar surface area (TPSA) is 54.5 Å². The van der Waals surface area contributed by atoms with Crippen LogP contribution in [0, 0.1) is 5.41 Å². The van der Waals surface area contributed by atoms with Gasteiger partial charge >= 0.3 is 0 Å². The lowest BCUT2D eigenvalue weighted by atomic mass is 9.95. The normalized spacial score (nSPS) is 17.5. The maximum absolute atomic E-state index is 12.2. The first-order valence-electron chi connectivity index (χ1n) is 10.6. The number of morpholine rings is 1. The van der Waals surface area contributed by atoms with Crippen molar-refractivity contribution in [2.75, 3.05) is 25.0 Å². The Bertz CT molecular complexity index is 1010. The van der Waals surface area contributed by atoms with Crippen molar-refractivity contribution in [3.63, 3.8) is 0 Å². The van der Waals surface area contributed by atoms with Crippen LogP contribution in [0.4, 0.5) is 5.69 Å². The summed E-state index contributed by atoms with van der Waals surface area (Å²) in [5.41, 5.74) is 3.68. The summed E-state index contributed by atoms with van der Waals surface area (Å²) in [6.07, 6.45) is 0.00144. The molecule has 1 N–H and O–H groups in total. The van der Waals surface area contributed by atoms with E-state index in [9.17, 15) is 4.79 Å². The highest BCUT2D eigenvalue weighted by Gasteiger charge is 2.25. The lowest BCUT2D eigenvalue weighted by Crippen LogP contribution is -2.37. The van der Waals surface area contributed by atoms with Gasteiger partial charge < -0.3 is 10.1 Å². The summed E-state index contributed by atoms with van der Waals surface area (Å²) >= 11 is 1.64. The molecule has 1 aliphatic heterocycles. The number of benzene rings is 2. The van der Waals surface area contributed by atoms with Crippen LogP contribution in [0.5, 0.6) is 0 Å². The minimum absolute atomic E-state index is 0.00144. The van der Waals surface area contributed by atoms with Gasteiger partial charge in [0.1, 0.15) is 11.1 Å². The highest BCUT2D eigenvalue weighted by Crippen LogP contribution is 2.30. The third kappa shape index (κ3) is 5.58. The number of thiazole rings is 1. The monoisotopic (exact) mass is 435 g/mol. The van der Waals surface area contributed by atoms with E-state index >= 15 is 0 Å². The van der Waals surface area contributed by atoms with Gasteiger partial charge in [-0.3, -0.25) is 9.69 Å². The smallest absolute Gasteiger partial charge is 0.229 e. The summed E-state index contributed by atoms with van der Waals surface area (Å²) in [4.78, 5) is 19.5. The predicted molar refractivity (Wildman–Crippen MR) is 126 cm³/mol. The van der Waals surface area contributed by atoms with E-state index in [1.54, 1.807) is 11.3 Å². The standard InChI is InChI=1S/C25H29N3O2S/c1-25(2,3)24(29)26-20-11-9-19(10-12-20)21-17-31-23(27-21)22-16-28(13-14-30-22)15-18-7-5-4-6-8-18/h4-12,17,22H,13-16H2,1-3H3,(H,26,29). The quantitative estimate of drug-likeness (QED) is 0.585. The third-order valence-electron chi connectivity index (χ3n) is 5.32. The summed E-state index contributed by atoms with van der Waals surface area (Å²) in [6, 6.07) is 18.4. The fraction of sp³-hybridized carbons (Fsp3) is 0.360. The van der Waals surface area contributed by atoms with Crippen LogP contribution < -0.4 is 5.32 Å². The minimum Gasteiger partial charge on any atom is -0.368 e. The number of hydrogen-bond donors (Lipinski definition) is 1. The first kappa shape index (κ1) is 21.7. The number of amides is 1. The third-order valence-corrected chi connectivity index (χ3v) is 6.25. The molecule has 0 saturated carbocycles. The van der Waals surface area contributed by atoms with Gasteiger partial charge in [0.05, 0.1) is 12.3 Å². The predicted octanol–water partition coefficient (Wildman–Crippen LogP) is 5.37.